The second-order valence-corrected chi connectivity index (χ2v) is 10.5. The molecular formula is C33H24BN2. The number of hydrogen-bond donors (Lipinski definition) is 0. The number of hydrogen-bond acceptors (Lipinski definition) is 1. The molecule has 0 unspecified atom stereocenters. The Morgan fingerprint density at radius 1 is 0.583 bits per heavy atom. The number of nitrogens with zero attached hydrogens (tertiary/aromatic N) is 2. The SMILES string of the molecule is CC1(C)c2ccccc2-n2c3ccc(N4c5ccccc5[B]c5ccccc54)cc3c3cccc1c32. The van der Waals surface area contributed by atoms with Gasteiger partial charge in [-0.15, -0.1) is 0 Å². The predicted octanol–water partition coefficient (Wildman–Crippen LogP) is 6.86. The molecule has 1 radical (unpaired) electrons. The first-order chi connectivity index (χ1) is 17.6. The predicted molar refractivity (Wildman–Crippen MR) is 153 cm³/mol. The molecule has 0 amide bonds. The average Bonchev–Trinajstić information content (AvgIpc) is 3.25. The zero-order valence-electron chi connectivity index (χ0n) is 20.4. The number of anilines is 3. The van der Waals surface area contributed by atoms with Crippen LogP contribution in [0.1, 0.15) is 25.0 Å². The van der Waals surface area contributed by atoms with Crippen LogP contribution in [-0.2, 0) is 5.41 Å². The molecule has 2 aliphatic rings. The minimum absolute atomic E-state index is 0.0517. The molecule has 0 bridgehead atoms. The molecule has 36 heavy (non-hydrogen) atoms. The Labute approximate surface area is 211 Å². The molecule has 0 atom stereocenters. The fraction of sp³-hybridized carbons (Fsp3) is 0.0909. The highest BCUT2D eigenvalue weighted by atomic mass is 15.1. The van der Waals surface area contributed by atoms with E-state index in [9.17, 15) is 0 Å². The Balaban J connectivity index is 1.45. The third-order valence-corrected chi connectivity index (χ3v) is 8.19. The lowest BCUT2D eigenvalue weighted by atomic mass is 9.60. The fourth-order valence-electron chi connectivity index (χ4n) is 6.49. The van der Waals surface area contributed by atoms with Crippen LogP contribution < -0.4 is 15.8 Å². The first-order valence-corrected chi connectivity index (χ1v) is 12.6. The highest BCUT2D eigenvalue weighted by Crippen LogP contribution is 2.48. The summed E-state index contributed by atoms with van der Waals surface area (Å²) in [6.45, 7) is 4.70. The monoisotopic (exact) mass is 459 g/mol. The number of aromatic nitrogens is 1. The summed E-state index contributed by atoms with van der Waals surface area (Å²) in [5, 5.41) is 2.61. The lowest BCUT2D eigenvalue weighted by Crippen LogP contribution is -2.39. The van der Waals surface area contributed by atoms with Gasteiger partial charge in [0.1, 0.15) is 0 Å². The van der Waals surface area contributed by atoms with E-state index < -0.39 is 0 Å². The molecule has 6 aromatic rings. The zero-order chi connectivity index (χ0) is 24.0. The summed E-state index contributed by atoms with van der Waals surface area (Å²) in [4.78, 5) is 2.41. The first-order valence-electron chi connectivity index (χ1n) is 12.6. The maximum absolute atomic E-state index is 2.48. The van der Waals surface area contributed by atoms with Gasteiger partial charge in [0.05, 0.1) is 16.7 Å². The Morgan fingerprint density at radius 2 is 1.22 bits per heavy atom. The van der Waals surface area contributed by atoms with E-state index in [0.717, 1.165) is 0 Å². The van der Waals surface area contributed by atoms with Gasteiger partial charge in [0.25, 0.3) is 0 Å². The van der Waals surface area contributed by atoms with Crippen LogP contribution in [-0.4, -0.2) is 11.8 Å². The van der Waals surface area contributed by atoms with Crippen molar-refractivity contribution in [2.45, 2.75) is 19.3 Å². The molecular weight excluding hydrogens is 435 g/mol. The van der Waals surface area contributed by atoms with Gasteiger partial charge in [-0.3, -0.25) is 0 Å². The second-order valence-electron chi connectivity index (χ2n) is 10.5. The molecule has 0 saturated heterocycles. The Morgan fingerprint density at radius 3 is 1.97 bits per heavy atom. The van der Waals surface area contributed by atoms with Crippen molar-refractivity contribution in [1.82, 2.24) is 4.57 Å². The summed E-state index contributed by atoms with van der Waals surface area (Å²) in [5.41, 5.74) is 12.7. The number of rotatable bonds is 1. The molecule has 3 heterocycles. The Kier molecular flexibility index (Phi) is 3.85. The number of para-hydroxylation sites is 4. The third kappa shape index (κ3) is 2.47. The van der Waals surface area contributed by atoms with Crippen molar-refractivity contribution in [3.05, 3.63) is 120 Å². The van der Waals surface area contributed by atoms with Gasteiger partial charge in [0.2, 0.25) is 0 Å². The van der Waals surface area contributed by atoms with Crippen LogP contribution >= 0.6 is 0 Å². The largest absolute Gasteiger partial charge is 0.312 e. The van der Waals surface area contributed by atoms with Crippen LogP contribution in [0.3, 0.4) is 0 Å². The van der Waals surface area contributed by atoms with E-state index in [1.165, 1.54) is 66.6 Å². The van der Waals surface area contributed by atoms with Crippen molar-refractivity contribution in [2.24, 2.45) is 0 Å². The molecule has 5 aromatic carbocycles. The van der Waals surface area contributed by atoms with Crippen molar-refractivity contribution >= 4 is 57.1 Å². The highest BCUT2D eigenvalue weighted by molar-refractivity contribution is 6.71. The average molecular weight is 459 g/mol. The van der Waals surface area contributed by atoms with Crippen molar-refractivity contribution in [1.29, 1.82) is 0 Å². The summed E-state index contributed by atoms with van der Waals surface area (Å²) >= 11 is 0. The van der Waals surface area contributed by atoms with E-state index >= 15 is 0 Å². The van der Waals surface area contributed by atoms with Gasteiger partial charge in [-0.1, -0.05) is 97.6 Å². The Bertz CT molecular complexity index is 1810. The van der Waals surface area contributed by atoms with Gasteiger partial charge in [-0.2, -0.15) is 0 Å². The highest BCUT2D eigenvalue weighted by Gasteiger charge is 2.35. The van der Waals surface area contributed by atoms with Crippen LogP contribution in [0, 0.1) is 0 Å². The fourth-order valence-corrected chi connectivity index (χ4v) is 6.49. The van der Waals surface area contributed by atoms with E-state index in [2.05, 4.69) is 140 Å². The summed E-state index contributed by atoms with van der Waals surface area (Å²) in [7, 11) is 2.29. The lowest BCUT2D eigenvalue weighted by Gasteiger charge is -2.34. The smallest absolute Gasteiger partial charge is 0.197 e. The summed E-state index contributed by atoms with van der Waals surface area (Å²) < 4.78 is 2.48. The molecule has 2 aliphatic heterocycles. The van der Waals surface area contributed by atoms with Gasteiger partial charge in [-0.05, 0) is 47.5 Å². The van der Waals surface area contributed by atoms with E-state index in [1.54, 1.807) is 0 Å². The molecule has 0 spiro atoms. The first kappa shape index (κ1) is 20.0. The minimum Gasteiger partial charge on any atom is -0.312 e. The van der Waals surface area contributed by atoms with Gasteiger partial charge in [0.15, 0.2) is 7.28 Å². The van der Waals surface area contributed by atoms with E-state index in [0.29, 0.717) is 0 Å². The van der Waals surface area contributed by atoms with Crippen molar-refractivity contribution < 1.29 is 0 Å². The molecule has 3 heteroatoms. The zero-order valence-corrected chi connectivity index (χ0v) is 20.4. The maximum atomic E-state index is 2.48. The topological polar surface area (TPSA) is 8.17 Å². The summed E-state index contributed by atoms with van der Waals surface area (Å²) in [5.74, 6) is 0. The van der Waals surface area contributed by atoms with E-state index in [1.807, 2.05) is 0 Å². The minimum atomic E-state index is -0.0517. The second kappa shape index (κ2) is 6.92. The van der Waals surface area contributed by atoms with Gasteiger partial charge < -0.3 is 9.47 Å². The maximum Gasteiger partial charge on any atom is 0.197 e. The van der Waals surface area contributed by atoms with E-state index in [-0.39, 0.29) is 5.41 Å². The van der Waals surface area contributed by atoms with Crippen molar-refractivity contribution in [3.63, 3.8) is 0 Å². The molecule has 0 aliphatic carbocycles. The van der Waals surface area contributed by atoms with Gasteiger partial charge in [0, 0.05) is 33.2 Å². The standard InChI is InChI=1S/C33H24BN2/c1-33(2)24-11-3-6-15-29(24)36-28-19-18-21(20-23(28)22-10-9-12-25(33)32(22)36)35-30-16-7-4-13-26(30)34-27-14-5-8-17-31(27)35/h3-20H,1-2H3. The molecule has 1 aromatic heterocycles. The van der Waals surface area contributed by atoms with Gasteiger partial charge >= 0.3 is 0 Å². The van der Waals surface area contributed by atoms with E-state index in [4.69, 9.17) is 0 Å². The number of benzene rings is 5. The summed E-state index contributed by atoms with van der Waals surface area (Å²) in [6, 6.07) is 40.0. The molecule has 0 saturated carbocycles. The van der Waals surface area contributed by atoms with Gasteiger partial charge in [-0.25, -0.2) is 0 Å². The summed E-state index contributed by atoms with van der Waals surface area (Å²) in [6.07, 6.45) is 0. The molecule has 0 fully saturated rings. The Hall–Kier alpha value is -4.24. The lowest BCUT2D eigenvalue weighted by molar-refractivity contribution is 0.630. The van der Waals surface area contributed by atoms with Crippen LogP contribution in [0.4, 0.5) is 17.1 Å². The van der Waals surface area contributed by atoms with Crippen LogP contribution in [0.15, 0.2) is 109 Å². The number of fused-ring (bicyclic) bond motifs is 7. The quantitative estimate of drug-likeness (QED) is 0.244. The normalized spacial score (nSPS) is 14.8. The van der Waals surface area contributed by atoms with Crippen LogP contribution in [0.2, 0.25) is 0 Å². The molecule has 169 valence electrons. The molecule has 8 rings (SSSR count). The molecule has 0 N–H and O–H groups in total. The third-order valence-electron chi connectivity index (χ3n) is 8.19. The van der Waals surface area contributed by atoms with Crippen molar-refractivity contribution in [2.75, 3.05) is 4.90 Å². The van der Waals surface area contributed by atoms with Crippen molar-refractivity contribution in [3.8, 4) is 5.69 Å². The molecule has 2 nitrogen and oxygen atoms in total. The van der Waals surface area contributed by atoms with Crippen LogP contribution in [0.25, 0.3) is 27.5 Å². The van der Waals surface area contributed by atoms with Crippen LogP contribution in [0.5, 0.6) is 0 Å².